The number of hydrogen-bond acceptors (Lipinski definition) is 3. The number of guanidine groups is 1. The van der Waals surface area contributed by atoms with Gasteiger partial charge in [0.1, 0.15) is 11.4 Å². The summed E-state index contributed by atoms with van der Waals surface area (Å²) in [6.07, 6.45) is 0.894. The molecule has 0 aliphatic carbocycles. The van der Waals surface area contributed by atoms with Gasteiger partial charge in [0.2, 0.25) is 0 Å². The minimum Gasteiger partial charge on any atom is -0.487 e. The second-order valence-corrected chi connectivity index (χ2v) is 7.53. The van der Waals surface area contributed by atoms with E-state index < -0.39 is 0 Å². The molecule has 0 bridgehead atoms. The van der Waals surface area contributed by atoms with E-state index in [1.807, 2.05) is 19.2 Å². The maximum atomic E-state index is 6.09. The molecule has 3 rings (SSSR count). The van der Waals surface area contributed by atoms with Crippen molar-refractivity contribution in [3.05, 3.63) is 29.8 Å². The Labute approximate surface area is 161 Å². The molecular weight excluding hydrogens is 417 g/mol. The Morgan fingerprint density at radius 3 is 2.58 bits per heavy atom. The second-order valence-electron chi connectivity index (χ2n) is 7.53. The van der Waals surface area contributed by atoms with Crippen LogP contribution in [0.5, 0.6) is 5.75 Å². The molecule has 1 aromatic rings. The predicted octanol–water partition coefficient (Wildman–Crippen LogP) is 3.11. The Hall–Kier alpha value is -1.02. The molecule has 2 heterocycles. The van der Waals surface area contributed by atoms with Crippen molar-refractivity contribution in [3.63, 3.8) is 0 Å². The van der Waals surface area contributed by atoms with Gasteiger partial charge in [-0.3, -0.25) is 4.99 Å². The van der Waals surface area contributed by atoms with Crippen molar-refractivity contribution < 1.29 is 9.47 Å². The average Bonchev–Trinajstić information content (AvgIpc) is 2.48. The maximum Gasteiger partial charge on any atom is 0.191 e. The van der Waals surface area contributed by atoms with E-state index in [0.29, 0.717) is 0 Å². The third kappa shape index (κ3) is 4.33. The number of nitrogens with one attached hydrogen (secondary N) is 2. The third-order valence-corrected chi connectivity index (χ3v) is 4.49. The van der Waals surface area contributed by atoms with Gasteiger partial charge in [0.15, 0.2) is 5.96 Å². The summed E-state index contributed by atoms with van der Waals surface area (Å²) in [7, 11) is 1.81. The highest BCUT2D eigenvalue weighted by atomic mass is 127. The highest BCUT2D eigenvalue weighted by Crippen LogP contribution is 2.39. The minimum atomic E-state index is -0.196. The molecule has 1 fully saturated rings. The van der Waals surface area contributed by atoms with Crippen LogP contribution in [0.3, 0.4) is 0 Å². The zero-order valence-electron chi connectivity index (χ0n) is 14.9. The topological polar surface area (TPSA) is 54.9 Å². The number of aliphatic imine (C=N–C) groups is 1. The van der Waals surface area contributed by atoms with Gasteiger partial charge < -0.3 is 20.1 Å². The smallest absolute Gasteiger partial charge is 0.191 e. The van der Waals surface area contributed by atoms with Crippen LogP contribution in [-0.2, 0) is 4.74 Å². The highest BCUT2D eigenvalue weighted by Gasteiger charge is 2.35. The lowest BCUT2D eigenvalue weighted by atomic mass is 9.88. The summed E-state index contributed by atoms with van der Waals surface area (Å²) in [5, 5.41) is 6.99. The molecule has 1 saturated heterocycles. The first-order valence-corrected chi connectivity index (χ1v) is 8.24. The largest absolute Gasteiger partial charge is 0.487 e. The van der Waals surface area contributed by atoms with Crippen molar-refractivity contribution in [2.45, 2.75) is 38.8 Å². The van der Waals surface area contributed by atoms with Gasteiger partial charge in [0.25, 0.3) is 0 Å². The van der Waals surface area contributed by atoms with E-state index in [0.717, 1.165) is 37.9 Å². The standard InChI is InChI=1S/C18H27N3O2.HI/c1-17(2)9-14(13-7-5-6-8-15(13)23-17)21-16(19-4)20-10-18(3)11-22-12-18;/h5-8,14H,9-12H2,1-4H3,(H2,19,20,21);1H. The molecule has 0 saturated carbocycles. The van der Waals surface area contributed by atoms with Gasteiger partial charge >= 0.3 is 0 Å². The summed E-state index contributed by atoms with van der Waals surface area (Å²) in [6.45, 7) is 8.96. The van der Waals surface area contributed by atoms with Crippen LogP contribution in [0.15, 0.2) is 29.3 Å². The predicted molar refractivity (Wildman–Crippen MR) is 107 cm³/mol. The van der Waals surface area contributed by atoms with Crippen molar-refractivity contribution in [1.29, 1.82) is 0 Å². The van der Waals surface area contributed by atoms with Gasteiger partial charge in [-0.25, -0.2) is 0 Å². The summed E-state index contributed by atoms with van der Waals surface area (Å²) in [5.74, 6) is 1.78. The van der Waals surface area contributed by atoms with Crippen LogP contribution < -0.4 is 15.4 Å². The van der Waals surface area contributed by atoms with Crippen LogP contribution in [0.25, 0.3) is 0 Å². The number of benzene rings is 1. The Kier molecular flexibility index (Phi) is 6.01. The van der Waals surface area contributed by atoms with Gasteiger partial charge in [-0.05, 0) is 19.9 Å². The average molecular weight is 445 g/mol. The van der Waals surface area contributed by atoms with Crippen molar-refractivity contribution >= 4 is 29.9 Å². The van der Waals surface area contributed by atoms with Gasteiger partial charge in [-0.15, -0.1) is 24.0 Å². The Morgan fingerprint density at radius 1 is 1.25 bits per heavy atom. The lowest BCUT2D eigenvalue weighted by Crippen LogP contribution is -2.52. The van der Waals surface area contributed by atoms with E-state index in [1.54, 1.807) is 0 Å². The van der Waals surface area contributed by atoms with E-state index in [1.165, 1.54) is 5.56 Å². The van der Waals surface area contributed by atoms with E-state index in [9.17, 15) is 0 Å². The number of para-hydroxylation sites is 1. The number of ether oxygens (including phenoxy) is 2. The zero-order valence-corrected chi connectivity index (χ0v) is 17.2. The minimum absolute atomic E-state index is 0. The lowest BCUT2D eigenvalue weighted by molar-refractivity contribution is -0.0971. The molecule has 134 valence electrons. The van der Waals surface area contributed by atoms with Gasteiger partial charge in [-0.2, -0.15) is 0 Å². The van der Waals surface area contributed by atoms with E-state index in [2.05, 4.69) is 48.5 Å². The van der Waals surface area contributed by atoms with Crippen molar-refractivity contribution in [2.75, 3.05) is 26.8 Å². The number of rotatable bonds is 3. The highest BCUT2D eigenvalue weighted by molar-refractivity contribution is 14.0. The van der Waals surface area contributed by atoms with E-state index >= 15 is 0 Å². The van der Waals surface area contributed by atoms with Crippen LogP contribution in [-0.4, -0.2) is 38.4 Å². The molecule has 1 unspecified atom stereocenters. The van der Waals surface area contributed by atoms with Gasteiger partial charge in [0.05, 0.1) is 19.3 Å². The van der Waals surface area contributed by atoms with Crippen LogP contribution >= 0.6 is 24.0 Å². The molecule has 2 aliphatic heterocycles. The molecule has 0 aromatic heterocycles. The summed E-state index contributed by atoms with van der Waals surface area (Å²) >= 11 is 0. The van der Waals surface area contributed by atoms with E-state index in [-0.39, 0.29) is 41.0 Å². The van der Waals surface area contributed by atoms with Gasteiger partial charge in [-0.1, -0.05) is 25.1 Å². The monoisotopic (exact) mass is 445 g/mol. The van der Waals surface area contributed by atoms with Crippen molar-refractivity contribution in [1.82, 2.24) is 10.6 Å². The molecule has 1 atom stereocenters. The first-order chi connectivity index (χ1) is 10.9. The number of halogens is 1. The van der Waals surface area contributed by atoms with Crippen LogP contribution in [0, 0.1) is 5.41 Å². The summed E-state index contributed by atoms with van der Waals surface area (Å²) in [4.78, 5) is 4.38. The first kappa shape index (κ1) is 19.3. The van der Waals surface area contributed by atoms with Crippen LogP contribution in [0.2, 0.25) is 0 Å². The number of nitrogens with zero attached hydrogens (tertiary/aromatic N) is 1. The molecular formula is C18H28IN3O2. The normalized spacial score (nSPS) is 23.8. The summed E-state index contributed by atoms with van der Waals surface area (Å²) < 4.78 is 11.4. The fourth-order valence-corrected chi connectivity index (χ4v) is 3.14. The van der Waals surface area contributed by atoms with Crippen LogP contribution in [0.1, 0.15) is 38.8 Å². The molecule has 0 amide bonds. The maximum absolute atomic E-state index is 6.09. The first-order valence-electron chi connectivity index (χ1n) is 8.24. The summed E-state index contributed by atoms with van der Waals surface area (Å²) in [6, 6.07) is 8.41. The second kappa shape index (κ2) is 7.47. The molecule has 2 aliphatic rings. The molecule has 5 nitrogen and oxygen atoms in total. The Balaban J connectivity index is 0.00000208. The van der Waals surface area contributed by atoms with Crippen molar-refractivity contribution in [2.24, 2.45) is 10.4 Å². The number of hydrogen-bond donors (Lipinski definition) is 2. The molecule has 0 radical (unpaired) electrons. The van der Waals surface area contributed by atoms with Crippen LogP contribution in [0.4, 0.5) is 0 Å². The number of fused-ring (bicyclic) bond motifs is 1. The fraction of sp³-hybridized carbons (Fsp3) is 0.611. The van der Waals surface area contributed by atoms with E-state index in [4.69, 9.17) is 9.47 Å². The Morgan fingerprint density at radius 2 is 1.96 bits per heavy atom. The van der Waals surface area contributed by atoms with Crippen molar-refractivity contribution in [3.8, 4) is 5.75 Å². The molecule has 1 aromatic carbocycles. The summed E-state index contributed by atoms with van der Waals surface area (Å²) in [5.41, 5.74) is 1.20. The zero-order chi connectivity index (χ0) is 16.5. The SMILES string of the molecule is CN=C(NCC1(C)COC1)NC1CC(C)(C)Oc2ccccc21.I. The molecule has 6 heteroatoms. The quantitative estimate of drug-likeness (QED) is 0.427. The third-order valence-electron chi connectivity index (χ3n) is 4.49. The lowest BCUT2D eigenvalue weighted by Gasteiger charge is -2.40. The Bertz CT molecular complexity index is 600. The van der Waals surface area contributed by atoms with Gasteiger partial charge in [0, 0.05) is 31.0 Å². The fourth-order valence-electron chi connectivity index (χ4n) is 3.14. The molecule has 2 N–H and O–H groups in total. The molecule has 0 spiro atoms. The molecule has 24 heavy (non-hydrogen) atoms.